The molecule has 0 amide bonds. The van der Waals surface area contributed by atoms with Crippen molar-refractivity contribution in [2.75, 3.05) is 19.7 Å². The molecule has 2 aromatic rings. The summed E-state index contributed by atoms with van der Waals surface area (Å²) in [7, 11) is 0. The van der Waals surface area contributed by atoms with Crippen LogP contribution in [0.4, 0.5) is 0 Å². The van der Waals surface area contributed by atoms with E-state index >= 15 is 0 Å². The molecule has 1 unspecified atom stereocenters. The highest BCUT2D eigenvalue weighted by Crippen LogP contribution is 2.42. The first kappa shape index (κ1) is 22.0. The third kappa shape index (κ3) is 4.42. The Labute approximate surface area is 186 Å². The SMILES string of the molecule is C[C@@](CCOC(=O)C(O)(c1ccccc1)C1CCCC1)(c1ccccc1)N1CCCC1. The molecule has 0 radical (unpaired) electrons. The Bertz CT molecular complexity index is 843. The molecule has 4 nitrogen and oxygen atoms in total. The lowest BCUT2D eigenvalue weighted by atomic mass is 9.80. The van der Waals surface area contributed by atoms with Crippen molar-refractivity contribution in [3.8, 4) is 0 Å². The van der Waals surface area contributed by atoms with Gasteiger partial charge in [0.1, 0.15) is 0 Å². The van der Waals surface area contributed by atoms with Gasteiger partial charge in [-0.2, -0.15) is 0 Å². The molecule has 0 spiro atoms. The van der Waals surface area contributed by atoms with Crippen LogP contribution in [-0.2, 0) is 20.7 Å². The molecule has 31 heavy (non-hydrogen) atoms. The van der Waals surface area contributed by atoms with E-state index in [0.717, 1.165) is 38.8 Å². The smallest absolute Gasteiger partial charge is 0.343 e. The van der Waals surface area contributed by atoms with Crippen molar-refractivity contribution in [2.45, 2.75) is 63.0 Å². The van der Waals surface area contributed by atoms with Crippen molar-refractivity contribution in [3.05, 3.63) is 71.8 Å². The number of ether oxygens (including phenoxy) is 1. The number of hydrogen-bond acceptors (Lipinski definition) is 4. The van der Waals surface area contributed by atoms with Crippen molar-refractivity contribution in [1.29, 1.82) is 0 Å². The van der Waals surface area contributed by atoms with Gasteiger partial charge in [0.25, 0.3) is 0 Å². The van der Waals surface area contributed by atoms with E-state index in [4.69, 9.17) is 4.74 Å². The number of rotatable bonds is 8. The summed E-state index contributed by atoms with van der Waals surface area (Å²) in [6.07, 6.45) is 6.93. The lowest BCUT2D eigenvalue weighted by Crippen LogP contribution is -2.45. The van der Waals surface area contributed by atoms with Crippen LogP contribution in [0.5, 0.6) is 0 Å². The standard InChI is InChI=1S/C27H35NO3/c1-26(28-19-10-11-20-28,22-12-4-2-5-13-22)18-21-31-25(29)27(30,24-16-8-9-17-24)23-14-6-3-7-15-23/h2-7,12-15,24,30H,8-11,16-21H2,1H3/t26-,27?/m1/s1. The highest BCUT2D eigenvalue weighted by Gasteiger charge is 2.48. The zero-order chi connectivity index (χ0) is 21.7. The minimum Gasteiger partial charge on any atom is -0.463 e. The fourth-order valence-corrected chi connectivity index (χ4v) is 5.50. The van der Waals surface area contributed by atoms with Crippen LogP contribution in [-0.4, -0.2) is 35.7 Å². The quantitative estimate of drug-likeness (QED) is 0.609. The molecule has 1 heterocycles. The predicted molar refractivity (Wildman–Crippen MR) is 122 cm³/mol. The molecule has 1 N–H and O–H groups in total. The van der Waals surface area contributed by atoms with Gasteiger partial charge in [-0.1, -0.05) is 73.5 Å². The minimum absolute atomic E-state index is 0.0820. The lowest BCUT2D eigenvalue weighted by Gasteiger charge is -2.40. The van der Waals surface area contributed by atoms with Crippen LogP contribution in [0.1, 0.15) is 63.0 Å². The highest BCUT2D eigenvalue weighted by atomic mass is 16.5. The number of benzene rings is 2. The van der Waals surface area contributed by atoms with Crippen molar-refractivity contribution < 1.29 is 14.6 Å². The summed E-state index contributed by atoms with van der Waals surface area (Å²) in [6.45, 7) is 4.68. The Balaban J connectivity index is 1.50. The van der Waals surface area contributed by atoms with Crippen molar-refractivity contribution in [3.63, 3.8) is 0 Å². The van der Waals surface area contributed by atoms with Crippen LogP contribution in [0, 0.1) is 5.92 Å². The van der Waals surface area contributed by atoms with Gasteiger partial charge < -0.3 is 9.84 Å². The first-order chi connectivity index (χ1) is 15.0. The number of hydrogen-bond donors (Lipinski definition) is 1. The van der Waals surface area contributed by atoms with E-state index in [2.05, 4.69) is 36.1 Å². The van der Waals surface area contributed by atoms with E-state index in [9.17, 15) is 9.90 Å². The zero-order valence-electron chi connectivity index (χ0n) is 18.6. The van der Waals surface area contributed by atoms with Crippen LogP contribution in [0.15, 0.2) is 60.7 Å². The van der Waals surface area contributed by atoms with Crippen LogP contribution >= 0.6 is 0 Å². The maximum Gasteiger partial charge on any atom is 0.343 e. The molecule has 2 aliphatic rings. The lowest BCUT2D eigenvalue weighted by molar-refractivity contribution is -0.174. The number of aliphatic hydroxyl groups is 1. The second kappa shape index (κ2) is 9.54. The summed E-state index contributed by atoms with van der Waals surface area (Å²) in [4.78, 5) is 15.8. The first-order valence-electron chi connectivity index (χ1n) is 11.8. The zero-order valence-corrected chi connectivity index (χ0v) is 18.6. The van der Waals surface area contributed by atoms with Gasteiger partial charge in [-0.05, 0) is 56.8 Å². The molecule has 2 fully saturated rings. The van der Waals surface area contributed by atoms with Gasteiger partial charge in [0.2, 0.25) is 0 Å². The summed E-state index contributed by atoms with van der Waals surface area (Å²) in [5.41, 5.74) is 0.157. The second-order valence-electron chi connectivity index (χ2n) is 9.33. The average Bonchev–Trinajstić information content (AvgIpc) is 3.54. The Hall–Kier alpha value is -2.17. The molecule has 166 valence electrons. The fourth-order valence-electron chi connectivity index (χ4n) is 5.50. The van der Waals surface area contributed by atoms with Crippen LogP contribution in [0.25, 0.3) is 0 Å². The van der Waals surface area contributed by atoms with E-state index in [1.165, 1.54) is 18.4 Å². The third-order valence-corrected chi connectivity index (χ3v) is 7.49. The average molecular weight is 422 g/mol. The number of carbonyl (C=O) groups is 1. The maximum atomic E-state index is 13.3. The molecular weight excluding hydrogens is 386 g/mol. The summed E-state index contributed by atoms with van der Waals surface area (Å²) < 4.78 is 5.84. The molecule has 1 aliphatic carbocycles. The topological polar surface area (TPSA) is 49.8 Å². The van der Waals surface area contributed by atoms with Gasteiger partial charge in [-0.25, -0.2) is 4.79 Å². The van der Waals surface area contributed by atoms with Crippen molar-refractivity contribution >= 4 is 5.97 Å². The molecule has 2 atom stereocenters. The molecule has 1 saturated heterocycles. The van der Waals surface area contributed by atoms with E-state index < -0.39 is 11.6 Å². The van der Waals surface area contributed by atoms with Gasteiger partial charge in [0.15, 0.2) is 5.60 Å². The summed E-state index contributed by atoms with van der Waals surface area (Å²) in [5, 5.41) is 11.6. The summed E-state index contributed by atoms with van der Waals surface area (Å²) in [6, 6.07) is 19.9. The van der Waals surface area contributed by atoms with Gasteiger partial charge in [-0.3, -0.25) is 4.90 Å². The fraction of sp³-hybridized carbons (Fsp3) is 0.519. The normalized spacial score (nSPS) is 21.5. The molecule has 1 saturated carbocycles. The van der Waals surface area contributed by atoms with Gasteiger partial charge in [0.05, 0.1) is 6.61 Å². The van der Waals surface area contributed by atoms with Gasteiger partial charge >= 0.3 is 5.97 Å². The number of nitrogens with zero attached hydrogens (tertiary/aromatic N) is 1. The largest absolute Gasteiger partial charge is 0.463 e. The highest BCUT2D eigenvalue weighted by molar-refractivity contribution is 5.81. The molecule has 4 heteroatoms. The summed E-state index contributed by atoms with van der Waals surface area (Å²) >= 11 is 0. The Kier molecular flexibility index (Phi) is 6.78. The number of carbonyl (C=O) groups excluding carboxylic acids is 1. The van der Waals surface area contributed by atoms with Crippen LogP contribution in [0.3, 0.4) is 0 Å². The van der Waals surface area contributed by atoms with Crippen molar-refractivity contribution in [2.24, 2.45) is 5.92 Å². The van der Waals surface area contributed by atoms with E-state index in [1.807, 2.05) is 36.4 Å². The number of esters is 1. The minimum atomic E-state index is -1.56. The monoisotopic (exact) mass is 421 g/mol. The molecule has 2 aromatic carbocycles. The molecular formula is C27H35NO3. The van der Waals surface area contributed by atoms with Gasteiger partial charge in [0, 0.05) is 17.9 Å². The molecule has 1 aliphatic heterocycles. The third-order valence-electron chi connectivity index (χ3n) is 7.49. The number of likely N-dealkylation sites (tertiary alicyclic amines) is 1. The Morgan fingerprint density at radius 3 is 2.06 bits per heavy atom. The van der Waals surface area contributed by atoms with E-state index in [-0.39, 0.29) is 11.5 Å². The summed E-state index contributed by atoms with van der Waals surface area (Å²) in [5.74, 6) is -0.580. The van der Waals surface area contributed by atoms with E-state index in [0.29, 0.717) is 18.6 Å². The maximum absolute atomic E-state index is 13.3. The molecule has 0 bridgehead atoms. The van der Waals surface area contributed by atoms with Crippen molar-refractivity contribution in [1.82, 2.24) is 4.90 Å². The molecule has 4 rings (SSSR count). The van der Waals surface area contributed by atoms with Crippen LogP contribution < -0.4 is 0 Å². The van der Waals surface area contributed by atoms with Crippen LogP contribution in [0.2, 0.25) is 0 Å². The van der Waals surface area contributed by atoms with E-state index in [1.54, 1.807) is 0 Å². The Morgan fingerprint density at radius 1 is 0.935 bits per heavy atom. The van der Waals surface area contributed by atoms with Gasteiger partial charge in [-0.15, -0.1) is 0 Å². The predicted octanol–water partition coefficient (Wildman–Crippen LogP) is 5.01. The first-order valence-corrected chi connectivity index (χ1v) is 11.8. The Morgan fingerprint density at radius 2 is 1.48 bits per heavy atom. The second-order valence-corrected chi connectivity index (χ2v) is 9.33. The molecule has 0 aromatic heterocycles.